The van der Waals surface area contributed by atoms with Gasteiger partial charge in [0.1, 0.15) is 5.75 Å². The van der Waals surface area contributed by atoms with Crippen LogP contribution in [0.15, 0.2) is 40.9 Å². The molecule has 0 aliphatic heterocycles. The van der Waals surface area contributed by atoms with Gasteiger partial charge in [0.15, 0.2) is 19.0 Å². The molecule has 6 nitrogen and oxygen atoms in total. The third kappa shape index (κ3) is 7.42. The van der Waals surface area contributed by atoms with Crippen molar-refractivity contribution in [3.63, 3.8) is 0 Å². The Morgan fingerprint density at radius 3 is 2.17 bits per heavy atom. The van der Waals surface area contributed by atoms with Crippen molar-refractivity contribution in [2.45, 2.75) is 26.2 Å². The molecule has 0 saturated carbocycles. The van der Waals surface area contributed by atoms with Crippen molar-refractivity contribution in [1.29, 1.82) is 0 Å². The number of ether oxygens (including phenoxy) is 2. The van der Waals surface area contributed by atoms with Crippen molar-refractivity contribution in [3.8, 4) is 11.5 Å². The molecular weight excluding hydrogens is 483 g/mol. The fourth-order valence-electron chi connectivity index (χ4n) is 2.29. The average Bonchev–Trinajstić information content (AvgIpc) is 2.69. The number of amides is 2. The third-order valence-corrected chi connectivity index (χ3v) is 5.17. The highest BCUT2D eigenvalue weighted by Crippen LogP contribution is 2.35. The van der Waals surface area contributed by atoms with Crippen LogP contribution in [-0.4, -0.2) is 25.0 Å². The molecule has 9 heteroatoms. The molecule has 2 aromatic rings. The lowest BCUT2D eigenvalue weighted by Crippen LogP contribution is -2.45. The Labute approximate surface area is 188 Å². The fraction of sp³-hybridized carbons (Fsp3) is 0.300. The summed E-state index contributed by atoms with van der Waals surface area (Å²) < 4.78 is 11.3. The zero-order valence-corrected chi connectivity index (χ0v) is 19.0. The van der Waals surface area contributed by atoms with Crippen molar-refractivity contribution >= 4 is 50.9 Å². The smallest absolute Gasteiger partial charge is 0.276 e. The summed E-state index contributed by atoms with van der Waals surface area (Å²) in [5, 5.41) is 0.689. The number of halogens is 3. The standard InChI is InChI=1S/C20H21BrCl2N2O4/c1-3-12(2)13-4-6-15(7-5-13)28-10-18(26)24-25-19(27)11-29-20-16(21)8-14(22)9-17(20)23/h4-9,12H,3,10-11H2,1-2H3,(H,24,26)(H,25,27). The zero-order valence-electron chi connectivity index (χ0n) is 15.9. The Balaban J connectivity index is 1.73. The van der Waals surface area contributed by atoms with Crippen LogP contribution in [0.3, 0.4) is 0 Å². The predicted molar refractivity (Wildman–Crippen MR) is 117 cm³/mol. The zero-order chi connectivity index (χ0) is 21.4. The van der Waals surface area contributed by atoms with Gasteiger partial charge in [-0.15, -0.1) is 0 Å². The number of nitrogens with one attached hydrogen (secondary N) is 2. The van der Waals surface area contributed by atoms with Gasteiger partial charge in [0.2, 0.25) is 0 Å². The summed E-state index contributed by atoms with van der Waals surface area (Å²) in [7, 11) is 0. The maximum Gasteiger partial charge on any atom is 0.276 e. The molecule has 0 aliphatic rings. The van der Waals surface area contributed by atoms with E-state index in [-0.39, 0.29) is 24.0 Å². The van der Waals surface area contributed by atoms with Crippen molar-refractivity contribution in [2.75, 3.05) is 13.2 Å². The molecule has 0 bridgehead atoms. The highest BCUT2D eigenvalue weighted by molar-refractivity contribution is 9.10. The molecular formula is C20H21BrCl2N2O4. The second-order valence-corrected chi connectivity index (χ2v) is 7.95. The second kappa shape index (κ2) is 11.3. The van der Waals surface area contributed by atoms with Gasteiger partial charge in [0.25, 0.3) is 11.8 Å². The van der Waals surface area contributed by atoms with Crippen LogP contribution in [-0.2, 0) is 9.59 Å². The van der Waals surface area contributed by atoms with Gasteiger partial charge < -0.3 is 9.47 Å². The van der Waals surface area contributed by atoms with Gasteiger partial charge in [-0.25, -0.2) is 0 Å². The molecule has 0 aromatic heterocycles. The molecule has 1 atom stereocenters. The van der Waals surface area contributed by atoms with Crippen LogP contribution in [0.2, 0.25) is 10.0 Å². The monoisotopic (exact) mass is 502 g/mol. The molecule has 156 valence electrons. The molecule has 29 heavy (non-hydrogen) atoms. The number of hydrogen-bond donors (Lipinski definition) is 2. The lowest BCUT2D eigenvalue weighted by atomic mass is 9.99. The minimum Gasteiger partial charge on any atom is -0.484 e. The van der Waals surface area contributed by atoms with E-state index in [1.807, 2.05) is 24.3 Å². The first-order valence-electron chi connectivity index (χ1n) is 8.88. The van der Waals surface area contributed by atoms with Gasteiger partial charge in [-0.2, -0.15) is 0 Å². The van der Waals surface area contributed by atoms with Crippen molar-refractivity contribution in [2.24, 2.45) is 0 Å². The minimum absolute atomic E-state index is 0.238. The number of benzene rings is 2. The number of hydrazine groups is 1. The van der Waals surface area contributed by atoms with E-state index in [0.29, 0.717) is 21.2 Å². The maximum atomic E-state index is 11.8. The summed E-state index contributed by atoms with van der Waals surface area (Å²) in [5.74, 6) is 0.253. The normalized spacial score (nSPS) is 11.5. The van der Waals surface area contributed by atoms with Crippen LogP contribution in [0.5, 0.6) is 11.5 Å². The average molecular weight is 504 g/mol. The Morgan fingerprint density at radius 2 is 1.62 bits per heavy atom. The van der Waals surface area contributed by atoms with E-state index >= 15 is 0 Å². The van der Waals surface area contributed by atoms with Crippen molar-refractivity contribution < 1.29 is 19.1 Å². The van der Waals surface area contributed by atoms with E-state index in [2.05, 4.69) is 40.6 Å². The van der Waals surface area contributed by atoms with E-state index in [1.165, 1.54) is 11.6 Å². The van der Waals surface area contributed by atoms with E-state index in [4.69, 9.17) is 32.7 Å². The summed E-state index contributed by atoms with van der Waals surface area (Å²) >= 11 is 15.1. The topological polar surface area (TPSA) is 76.7 Å². The predicted octanol–water partition coefficient (Wildman–Crippen LogP) is 4.87. The lowest BCUT2D eigenvalue weighted by molar-refractivity contribution is -0.131. The fourth-order valence-corrected chi connectivity index (χ4v) is 3.66. The van der Waals surface area contributed by atoms with E-state index < -0.39 is 11.8 Å². The van der Waals surface area contributed by atoms with Crippen molar-refractivity contribution in [1.82, 2.24) is 10.9 Å². The maximum absolute atomic E-state index is 11.8. The van der Waals surface area contributed by atoms with E-state index in [0.717, 1.165) is 6.42 Å². The first-order chi connectivity index (χ1) is 13.8. The van der Waals surface area contributed by atoms with Gasteiger partial charge in [-0.05, 0) is 58.1 Å². The third-order valence-electron chi connectivity index (χ3n) is 4.08. The number of hydrogen-bond acceptors (Lipinski definition) is 4. The first-order valence-corrected chi connectivity index (χ1v) is 10.4. The highest BCUT2D eigenvalue weighted by Gasteiger charge is 2.12. The largest absolute Gasteiger partial charge is 0.484 e. The summed E-state index contributed by atoms with van der Waals surface area (Å²) in [6, 6.07) is 10.7. The molecule has 0 spiro atoms. The molecule has 0 aliphatic carbocycles. The Kier molecular flexibility index (Phi) is 9.07. The molecule has 0 saturated heterocycles. The Hall–Kier alpha value is -1.96. The Bertz CT molecular complexity index is 839. The van der Waals surface area contributed by atoms with Gasteiger partial charge in [-0.1, -0.05) is 49.2 Å². The van der Waals surface area contributed by atoms with Crippen LogP contribution in [0, 0.1) is 0 Å². The first kappa shape index (κ1) is 23.3. The molecule has 0 heterocycles. The van der Waals surface area contributed by atoms with Crippen LogP contribution >= 0.6 is 39.1 Å². The van der Waals surface area contributed by atoms with Crippen LogP contribution < -0.4 is 20.3 Å². The van der Waals surface area contributed by atoms with Crippen LogP contribution in [0.25, 0.3) is 0 Å². The van der Waals surface area contributed by atoms with Crippen LogP contribution in [0.4, 0.5) is 0 Å². The second-order valence-electron chi connectivity index (χ2n) is 6.25. The van der Waals surface area contributed by atoms with E-state index in [1.54, 1.807) is 6.07 Å². The van der Waals surface area contributed by atoms with Gasteiger partial charge in [0.05, 0.1) is 9.50 Å². The number of carbonyl (C=O) groups is 2. The summed E-state index contributed by atoms with van der Waals surface area (Å²) in [5.41, 5.74) is 5.71. The number of carbonyl (C=O) groups excluding carboxylic acids is 2. The summed E-state index contributed by atoms with van der Waals surface area (Å²) in [6.45, 7) is 3.69. The van der Waals surface area contributed by atoms with E-state index in [9.17, 15) is 9.59 Å². The van der Waals surface area contributed by atoms with Gasteiger partial charge >= 0.3 is 0 Å². The van der Waals surface area contributed by atoms with Crippen LogP contribution in [0.1, 0.15) is 31.7 Å². The highest BCUT2D eigenvalue weighted by atomic mass is 79.9. The molecule has 2 N–H and O–H groups in total. The molecule has 2 aromatic carbocycles. The SMILES string of the molecule is CCC(C)c1ccc(OCC(=O)NNC(=O)COc2c(Cl)cc(Cl)cc2Br)cc1. The number of rotatable bonds is 8. The van der Waals surface area contributed by atoms with Gasteiger partial charge in [-0.3, -0.25) is 20.4 Å². The Morgan fingerprint density at radius 1 is 1.03 bits per heavy atom. The molecule has 2 rings (SSSR count). The minimum atomic E-state index is -0.561. The van der Waals surface area contributed by atoms with Gasteiger partial charge in [0, 0.05) is 5.02 Å². The molecule has 1 unspecified atom stereocenters. The molecule has 0 radical (unpaired) electrons. The molecule has 2 amide bonds. The quantitative estimate of drug-likeness (QED) is 0.503. The summed E-state index contributed by atoms with van der Waals surface area (Å²) in [6.07, 6.45) is 1.05. The summed E-state index contributed by atoms with van der Waals surface area (Å²) in [4.78, 5) is 23.7. The molecule has 0 fully saturated rings. The lowest BCUT2D eigenvalue weighted by Gasteiger charge is -2.12. The van der Waals surface area contributed by atoms with Crippen molar-refractivity contribution in [3.05, 3.63) is 56.5 Å².